The summed E-state index contributed by atoms with van der Waals surface area (Å²) in [7, 11) is 0. The molecule has 130 valence electrons. The molecule has 3 fully saturated rings. The number of allylic oxidation sites excluding steroid dienone is 1. The van der Waals surface area contributed by atoms with Crippen LogP contribution in [0, 0.1) is 22.7 Å². The quantitative estimate of drug-likeness (QED) is 0.702. The van der Waals surface area contributed by atoms with Crippen LogP contribution in [-0.4, -0.2) is 24.3 Å². The lowest BCUT2D eigenvalue weighted by Crippen LogP contribution is -2.63. The lowest BCUT2D eigenvalue weighted by molar-refractivity contribution is -0.344. The number of carbonyl (C=O) groups is 1. The molecule has 3 nitrogen and oxygen atoms in total. The maximum Gasteiger partial charge on any atom is 0.163 e. The van der Waals surface area contributed by atoms with Crippen molar-refractivity contribution in [3.05, 3.63) is 12.2 Å². The maximum atomic E-state index is 11.8. The minimum Gasteiger partial charge on any atom is -0.350 e. The van der Waals surface area contributed by atoms with Gasteiger partial charge in [0.2, 0.25) is 0 Å². The number of Topliss-reactive ketones (excluding diaryl/α,β-unsaturated/α-hetero) is 1. The zero-order chi connectivity index (χ0) is 17.0. The molecule has 2 saturated carbocycles. The van der Waals surface area contributed by atoms with Gasteiger partial charge in [-0.3, -0.25) is 0 Å². The fourth-order valence-electron chi connectivity index (χ4n) is 5.73. The molecular formula is C20H32O3. The van der Waals surface area contributed by atoms with E-state index in [0.717, 1.165) is 32.3 Å². The summed E-state index contributed by atoms with van der Waals surface area (Å²) < 4.78 is 12.4. The van der Waals surface area contributed by atoms with Crippen LogP contribution < -0.4 is 0 Å². The van der Waals surface area contributed by atoms with Crippen molar-refractivity contribution in [3.8, 4) is 0 Å². The van der Waals surface area contributed by atoms with E-state index in [0.29, 0.717) is 18.3 Å². The Bertz CT molecular complexity index is 523. The molecule has 23 heavy (non-hydrogen) atoms. The molecule has 0 aromatic heterocycles. The summed E-state index contributed by atoms with van der Waals surface area (Å²) in [6.07, 6.45) is 5.24. The lowest BCUT2D eigenvalue weighted by atomic mass is 9.46. The Hall–Kier alpha value is -0.670. The van der Waals surface area contributed by atoms with Crippen LogP contribution in [0.4, 0.5) is 0 Å². The van der Waals surface area contributed by atoms with E-state index in [1.54, 1.807) is 6.92 Å². The standard InChI is InChI=1S/C20H32O3/c1-13-7-8-16-19(5,15(13)11-14(2)21)10-9-17-20(16,6)12-22-18(3,4)23-17/h15-17H,1,7-12H2,2-6H3/t15-,16?,17-,19+,20+/m1/s1. The average molecular weight is 320 g/mol. The Kier molecular flexibility index (Phi) is 4.04. The van der Waals surface area contributed by atoms with Gasteiger partial charge in [0.15, 0.2) is 5.79 Å². The molecule has 0 spiro atoms. The van der Waals surface area contributed by atoms with Gasteiger partial charge in [0.05, 0.1) is 12.7 Å². The van der Waals surface area contributed by atoms with Crippen LogP contribution in [-0.2, 0) is 14.3 Å². The molecule has 0 aromatic rings. The van der Waals surface area contributed by atoms with Crippen LogP contribution in [0.1, 0.15) is 66.7 Å². The fraction of sp³-hybridized carbons (Fsp3) is 0.850. The summed E-state index contributed by atoms with van der Waals surface area (Å²) in [4.78, 5) is 11.8. The van der Waals surface area contributed by atoms with Gasteiger partial charge in [-0.2, -0.15) is 0 Å². The predicted molar refractivity (Wildman–Crippen MR) is 91.0 cm³/mol. The van der Waals surface area contributed by atoms with Gasteiger partial charge in [0.25, 0.3) is 0 Å². The molecule has 3 rings (SSSR count). The molecule has 0 aromatic carbocycles. The maximum absolute atomic E-state index is 11.8. The molecule has 1 heterocycles. The van der Waals surface area contributed by atoms with Crippen LogP contribution >= 0.6 is 0 Å². The van der Waals surface area contributed by atoms with Gasteiger partial charge >= 0.3 is 0 Å². The second kappa shape index (κ2) is 5.42. The van der Waals surface area contributed by atoms with Gasteiger partial charge in [0.1, 0.15) is 5.78 Å². The van der Waals surface area contributed by atoms with E-state index in [1.807, 2.05) is 13.8 Å². The Labute approximate surface area is 140 Å². The van der Waals surface area contributed by atoms with Gasteiger partial charge in [-0.05, 0) is 63.7 Å². The molecule has 1 unspecified atom stereocenters. The van der Waals surface area contributed by atoms with E-state index in [1.165, 1.54) is 5.57 Å². The van der Waals surface area contributed by atoms with E-state index < -0.39 is 5.79 Å². The summed E-state index contributed by atoms with van der Waals surface area (Å²) in [5, 5.41) is 0. The largest absolute Gasteiger partial charge is 0.350 e. The minimum atomic E-state index is -0.477. The predicted octanol–water partition coefficient (Wildman–Crippen LogP) is 4.51. The summed E-state index contributed by atoms with van der Waals surface area (Å²) in [6.45, 7) is 15.5. The molecule has 3 heteroatoms. The monoisotopic (exact) mass is 320 g/mol. The van der Waals surface area contributed by atoms with Crippen molar-refractivity contribution in [2.75, 3.05) is 6.61 Å². The molecule has 1 saturated heterocycles. The van der Waals surface area contributed by atoms with Crippen molar-refractivity contribution in [1.82, 2.24) is 0 Å². The first kappa shape index (κ1) is 17.2. The van der Waals surface area contributed by atoms with Gasteiger partial charge in [0, 0.05) is 11.8 Å². The van der Waals surface area contributed by atoms with Crippen molar-refractivity contribution in [3.63, 3.8) is 0 Å². The summed E-state index contributed by atoms with van der Waals surface area (Å²) in [5.41, 5.74) is 1.46. The van der Waals surface area contributed by atoms with E-state index in [4.69, 9.17) is 9.47 Å². The number of fused-ring (bicyclic) bond motifs is 3. The highest BCUT2D eigenvalue weighted by molar-refractivity contribution is 5.76. The Morgan fingerprint density at radius 1 is 1.22 bits per heavy atom. The third-order valence-corrected chi connectivity index (χ3v) is 6.96. The highest BCUT2D eigenvalue weighted by Gasteiger charge is 2.61. The Balaban J connectivity index is 1.93. The number of rotatable bonds is 2. The summed E-state index contributed by atoms with van der Waals surface area (Å²) >= 11 is 0. The molecule has 1 aliphatic heterocycles. The zero-order valence-corrected chi connectivity index (χ0v) is 15.4. The lowest BCUT2D eigenvalue weighted by Gasteiger charge is -2.63. The average Bonchev–Trinajstić information content (AvgIpc) is 2.44. The number of hydrogen-bond acceptors (Lipinski definition) is 3. The first-order chi connectivity index (χ1) is 10.6. The molecule has 0 amide bonds. The van der Waals surface area contributed by atoms with E-state index in [9.17, 15) is 4.79 Å². The van der Waals surface area contributed by atoms with Crippen molar-refractivity contribution in [2.45, 2.75) is 78.6 Å². The molecule has 0 radical (unpaired) electrons. The zero-order valence-electron chi connectivity index (χ0n) is 15.4. The number of ether oxygens (including phenoxy) is 2. The number of carbonyl (C=O) groups excluding carboxylic acids is 1. The first-order valence-electron chi connectivity index (χ1n) is 9.07. The smallest absolute Gasteiger partial charge is 0.163 e. The van der Waals surface area contributed by atoms with Gasteiger partial charge < -0.3 is 14.3 Å². The van der Waals surface area contributed by atoms with Gasteiger partial charge in [-0.1, -0.05) is 26.0 Å². The SMILES string of the molecule is C=C1CCC2[C@]3(C)COC(C)(C)O[C@@H]3CC[C@@]2(C)[C@@H]1CC(C)=O. The third-order valence-electron chi connectivity index (χ3n) is 6.96. The van der Waals surface area contributed by atoms with Crippen LogP contribution in [0.15, 0.2) is 12.2 Å². The number of ketones is 1. The minimum absolute atomic E-state index is 0.0399. The highest BCUT2D eigenvalue weighted by atomic mass is 16.7. The molecule has 3 aliphatic rings. The van der Waals surface area contributed by atoms with Gasteiger partial charge in [-0.15, -0.1) is 0 Å². The highest BCUT2D eigenvalue weighted by Crippen LogP contribution is 2.63. The summed E-state index contributed by atoms with van der Waals surface area (Å²) in [6, 6.07) is 0. The van der Waals surface area contributed by atoms with Crippen molar-refractivity contribution < 1.29 is 14.3 Å². The van der Waals surface area contributed by atoms with Crippen LogP contribution in [0.5, 0.6) is 0 Å². The number of hydrogen-bond donors (Lipinski definition) is 0. The van der Waals surface area contributed by atoms with E-state index >= 15 is 0 Å². The molecule has 0 N–H and O–H groups in total. The topological polar surface area (TPSA) is 35.5 Å². The molecule has 0 bridgehead atoms. The van der Waals surface area contributed by atoms with Crippen molar-refractivity contribution in [1.29, 1.82) is 0 Å². The first-order valence-corrected chi connectivity index (χ1v) is 9.07. The summed E-state index contributed by atoms with van der Waals surface area (Å²) in [5.74, 6) is 0.642. The second-order valence-corrected chi connectivity index (χ2v) is 9.05. The van der Waals surface area contributed by atoms with Crippen LogP contribution in [0.3, 0.4) is 0 Å². The van der Waals surface area contributed by atoms with Crippen LogP contribution in [0.25, 0.3) is 0 Å². The van der Waals surface area contributed by atoms with E-state index in [-0.39, 0.29) is 22.7 Å². The molecular weight excluding hydrogens is 288 g/mol. The normalized spacial score (nSPS) is 46.0. The third kappa shape index (κ3) is 2.70. The van der Waals surface area contributed by atoms with Crippen LogP contribution in [0.2, 0.25) is 0 Å². The van der Waals surface area contributed by atoms with E-state index in [2.05, 4.69) is 20.4 Å². The Morgan fingerprint density at radius 3 is 2.57 bits per heavy atom. The molecule has 2 aliphatic carbocycles. The second-order valence-electron chi connectivity index (χ2n) is 9.05. The van der Waals surface area contributed by atoms with Crippen molar-refractivity contribution >= 4 is 5.78 Å². The Morgan fingerprint density at radius 2 is 1.91 bits per heavy atom. The van der Waals surface area contributed by atoms with Gasteiger partial charge in [-0.25, -0.2) is 0 Å². The molecule has 5 atom stereocenters. The van der Waals surface area contributed by atoms with Crippen molar-refractivity contribution in [2.24, 2.45) is 22.7 Å². The fourth-order valence-corrected chi connectivity index (χ4v) is 5.73.